The number of nitrogens with one attached hydrogen (secondary N) is 1. The molecule has 0 saturated carbocycles. The van der Waals surface area contributed by atoms with Crippen molar-refractivity contribution < 1.29 is 10.2 Å². The van der Waals surface area contributed by atoms with Gasteiger partial charge in [-0.25, -0.2) is 9.78 Å². The first kappa shape index (κ1) is 20.8. The van der Waals surface area contributed by atoms with Crippen LogP contribution in [0.2, 0.25) is 0 Å². The third-order valence-electron chi connectivity index (χ3n) is 5.29. The van der Waals surface area contributed by atoms with E-state index in [1.807, 2.05) is 6.92 Å². The van der Waals surface area contributed by atoms with Crippen LogP contribution in [0.4, 0.5) is 0 Å². The van der Waals surface area contributed by atoms with Crippen LogP contribution in [0.1, 0.15) is 30.6 Å². The quantitative estimate of drug-likeness (QED) is 0.533. The zero-order valence-corrected chi connectivity index (χ0v) is 17.1. The van der Waals surface area contributed by atoms with E-state index in [4.69, 9.17) is 0 Å². The van der Waals surface area contributed by atoms with Crippen LogP contribution in [0.5, 0.6) is 5.75 Å². The Morgan fingerprint density at radius 1 is 1.21 bits per heavy atom. The van der Waals surface area contributed by atoms with E-state index >= 15 is 0 Å². The van der Waals surface area contributed by atoms with Crippen molar-refractivity contribution in [2.75, 3.05) is 6.54 Å². The Balaban J connectivity index is 1.64. The summed E-state index contributed by atoms with van der Waals surface area (Å²) in [6.07, 6.45) is 1.60. The van der Waals surface area contributed by atoms with Crippen LogP contribution in [-0.2, 0) is 20.6 Å². The minimum atomic E-state index is -0.687. The van der Waals surface area contributed by atoms with E-state index in [9.17, 15) is 19.8 Å². The van der Waals surface area contributed by atoms with Crippen LogP contribution in [0.3, 0.4) is 0 Å². The highest BCUT2D eigenvalue weighted by Crippen LogP contribution is 2.21. The van der Waals surface area contributed by atoms with Gasteiger partial charge in [0.1, 0.15) is 5.75 Å². The third kappa shape index (κ3) is 4.10. The summed E-state index contributed by atoms with van der Waals surface area (Å²) in [7, 11) is 3.05. The number of benzene rings is 1. The fourth-order valence-corrected chi connectivity index (χ4v) is 3.32. The summed E-state index contributed by atoms with van der Waals surface area (Å²) >= 11 is 0. The molecule has 2 atom stereocenters. The number of phenolic OH excluding ortho intramolecular Hbond substituents is 1. The molecule has 0 radical (unpaired) electrons. The molecular formula is C20H27N5O4. The lowest BCUT2D eigenvalue weighted by atomic mass is 10.1. The maximum Gasteiger partial charge on any atom is 0.332 e. The van der Waals surface area contributed by atoms with Crippen molar-refractivity contribution in [1.82, 2.24) is 24.0 Å². The highest BCUT2D eigenvalue weighted by atomic mass is 16.3. The smallest absolute Gasteiger partial charge is 0.332 e. The van der Waals surface area contributed by atoms with Crippen molar-refractivity contribution in [1.29, 1.82) is 0 Å². The molecule has 0 aliphatic carbocycles. The Hall–Kier alpha value is -2.91. The molecule has 3 N–H and O–H groups in total. The number of aryl methyl sites for hydroxylation is 3. The van der Waals surface area contributed by atoms with Gasteiger partial charge in [0.15, 0.2) is 11.2 Å². The van der Waals surface area contributed by atoms with Crippen molar-refractivity contribution in [3.63, 3.8) is 0 Å². The van der Waals surface area contributed by atoms with Gasteiger partial charge in [0.25, 0.3) is 5.56 Å². The second-order valence-electron chi connectivity index (χ2n) is 7.48. The number of phenols is 1. The lowest BCUT2D eigenvalue weighted by molar-refractivity contribution is 0.169. The van der Waals surface area contributed by atoms with E-state index in [2.05, 4.69) is 10.3 Å². The van der Waals surface area contributed by atoms with Gasteiger partial charge in [0.05, 0.1) is 12.4 Å². The lowest BCUT2D eigenvalue weighted by Gasteiger charge is -2.18. The average Bonchev–Trinajstić information content (AvgIpc) is 3.13. The van der Waals surface area contributed by atoms with Crippen LogP contribution in [0.25, 0.3) is 11.2 Å². The number of imidazole rings is 1. The molecular weight excluding hydrogens is 374 g/mol. The number of aliphatic hydroxyl groups excluding tert-OH is 1. The van der Waals surface area contributed by atoms with Gasteiger partial charge in [-0.05, 0) is 43.5 Å². The molecule has 2 heterocycles. The summed E-state index contributed by atoms with van der Waals surface area (Å²) in [5, 5.41) is 23.3. The molecule has 0 saturated heterocycles. The minimum absolute atomic E-state index is 0.0803. The predicted octanol–water partition coefficient (Wildman–Crippen LogP) is 0.550. The normalized spacial score (nSPS) is 13.7. The first-order chi connectivity index (χ1) is 13.7. The van der Waals surface area contributed by atoms with Gasteiger partial charge in [-0.3, -0.25) is 13.9 Å². The first-order valence-corrected chi connectivity index (χ1v) is 9.52. The van der Waals surface area contributed by atoms with Gasteiger partial charge < -0.3 is 20.1 Å². The molecule has 9 nitrogen and oxygen atoms in total. The van der Waals surface area contributed by atoms with E-state index in [0.717, 1.165) is 15.7 Å². The zero-order chi connectivity index (χ0) is 21.3. The van der Waals surface area contributed by atoms with Crippen molar-refractivity contribution in [2.24, 2.45) is 14.1 Å². The number of aliphatic hydroxyl groups is 1. The largest absolute Gasteiger partial charge is 0.508 e. The maximum absolute atomic E-state index is 12.5. The average molecular weight is 401 g/mol. The molecule has 0 fully saturated rings. The Morgan fingerprint density at radius 2 is 1.93 bits per heavy atom. The molecule has 156 valence electrons. The number of rotatable bonds is 7. The summed E-state index contributed by atoms with van der Waals surface area (Å²) in [5.74, 6) is 0.207. The molecule has 9 heteroatoms. The number of hydrogen-bond donors (Lipinski definition) is 3. The zero-order valence-electron chi connectivity index (χ0n) is 17.1. The van der Waals surface area contributed by atoms with E-state index in [-0.39, 0.29) is 17.4 Å². The van der Waals surface area contributed by atoms with Gasteiger partial charge in [0.2, 0.25) is 0 Å². The van der Waals surface area contributed by atoms with Crippen LogP contribution in [-0.4, -0.2) is 41.5 Å². The van der Waals surface area contributed by atoms with Crippen molar-refractivity contribution in [3.05, 3.63) is 56.5 Å². The Morgan fingerprint density at radius 3 is 2.62 bits per heavy atom. The van der Waals surface area contributed by atoms with E-state index < -0.39 is 11.8 Å². The second-order valence-corrected chi connectivity index (χ2v) is 7.48. The molecule has 3 aromatic rings. The second kappa shape index (κ2) is 8.22. The molecule has 0 bridgehead atoms. The summed E-state index contributed by atoms with van der Waals surface area (Å²) in [5.41, 5.74) is 1.47. The lowest BCUT2D eigenvalue weighted by Crippen LogP contribution is -2.37. The summed E-state index contributed by atoms with van der Waals surface area (Å²) in [4.78, 5) is 28.7. The number of aromatic nitrogens is 4. The summed E-state index contributed by atoms with van der Waals surface area (Å²) in [6, 6.07) is 5.13. The molecule has 1 aromatic carbocycles. The van der Waals surface area contributed by atoms with Gasteiger partial charge in [-0.1, -0.05) is 6.07 Å². The van der Waals surface area contributed by atoms with E-state index in [0.29, 0.717) is 30.7 Å². The molecule has 2 aromatic heterocycles. The fourth-order valence-electron chi connectivity index (χ4n) is 3.32. The number of aromatic hydroxyl groups is 1. The molecule has 0 spiro atoms. The monoisotopic (exact) mass is 401 g/mol. The molecule has 0 aliphatic rings. The minimum Gasteiger partial charge on any atom is -0.508 e. The topological polar surface area (TPSA) is 114 Å². The summed E-state index contributed by atoms with van der Waals surface area (Å²) in [6.45, 7) is 4.71. The van der Waals surface area contributed by atoms with Gasteiger partial charge in [-0.2, -0.15) is 0 Å². The van der Waals surface area contributed by atoms with E-state index in [1.165, 1.54) is 11.6 Å². The predicted molar refractivity (Wildman–Crippen MR) is 110 cm³/mol. The van der Waals surface area contributed by atoms with Crippen molar-refractivity contribution in [2.45, 2.75) is 39.0 Å². The maximum atomic E-state index is 12.5. The highest BCUT2D eigenvalue weighted by molar-refractivity contribution is 5.69. The third-order valence-corrected chi connectivity index (χ3v) is 5.29. The molecule has 0 aliphatic heterocycles. The molecule has 0 unspecified atom stereocenters. The highest BCUT2D eigenvalue weighted by Gasteiger charge is 2.15. The van der Waals surface area contributed by atoms with Crippen molar-refractivity contribution in [3.8, 4) is 5.75 Å². The molecule has 0 amide bonds. The van der Waals surface area contributed by atoms with Gasteiger partial charge in [0, 0.05) is 33.2 Å². The fraction of sp³-hybridized carbons (Fsp3) is 0.450. The van der Waals surface area contributed by atoms with Crippen LogP contribution in [0, 0.1) is 6.92 Å². The summed E-state index contributed by atoms with van der Waals surface area (Å²) < 4.78 is 4.21. The van der Waals surface area contributed by atoms with Gasteiger partial charge >= 0.3 is 5.69 Å². The SMILES string of the molecule is Cc1cc([C@@H](O)CN[C@@H](C)CCn2cnc3c2c(=O)n(C)c(=O)n3C)ccc1O. The van der Waals surface area contributed by atoms with Crippen LogP contribution < -0.4 is 16.6 Å². The van der Waals surface area contributed by atoms with Crippen molar-refractivity contribution >= 4 is 11.2 Å². The Kier molecular flexibility index (Phi) is 5.90. The van der Waals surface area contributed by atoms with E-state index in [1.54, 1.807) is 43.1 Å². The molecule has 3 rings (SSSR count). The Bertz CT molecular complexity index is 1140. The number of fused-ring (bicyclic) bond motifs is 1. The number of nitrogens with zero attached hydrogens (tertiary/aromatic N) is 4. The molecule has 29 heavy (non-hydrogen) atoms. The number of hydrogen-bond acceptors (Lipinski definition) is 6. The van der Waals surface area contributed by atoms with Crippen LogP contribution >= 0.6 is 0 Å². The standard InChI is InChI=1S/C20H27N5O4/c1-12-9-14(5-6-15(12)26)16(27)10-21-13(2)7-8-25-11-22-18-17(25)19(28)24(4)20(29)23(18)3/h5-6,9,11,13,16,21,26-27H,7-8,10H2,1-4H3/t13-,16-/m0/s1. The first-order valence-electron chi connectivity index (χ1n) is 9.52. The Labute approximate surface area is 167 Å². The van der Waals surface area contributed by atoms with Gasteiger partial charge in [-0.15, -0.1) is 0 Å². The van der Waals surface area contributed by atoms with Crippen LogP contribution in [0.15, 0.2) is 34.1 Å².